The van der Waals surface area contributed by atoms with E-state index in [0.717, 1.165) is 25.7 Å². The van der Waals surface area contributed by atoms with E-state index in [1.54, 1.807) is 0 Å². The number of carbonyl (C=O) groups is 1. The summed E-state index contributed by atoms with van der Waals surface area (Å²) in [6.45, 7) is 3.15. The first-order valence-corrected chi connectivity index (χ1v) is 9.14. The Labute approximate surface area is 162 Å². The summed E-state index contributed by atoms with van der Waals surface area (Å²) in [5, 5.41) is 14.4. The topological polar surface area (TPSA) is 111 Å². The molecule has 1 saturated heterocycles. The number of amidine groups is 1. The Balaban J connectivity index is 1.60. The number of piperidine rings is 1. The lowest BCUT2D eigenvalue weighted by Gasteiger charge is -2.26. The van der Waals surface area contributed by atoms with Crippen LogP contribution in [-0.4, -0.2) is 34.7 Å². The highest BCUT2D eigenvalue weighted by molar-refractivity contribution is 5.98. The van der Waals surface area contributed by atoms with Gasteiger partial charge in [0.15, 0.2) is 5.84 Å². The molecule has 1 aliphatic rings. The smallest absolute Gasteiger partial charge is 0.366 e. The number of oxime groups is 1. The van der Waals surface area contributed by atoms with E-state index in [0.29, 0.717) is 5.56 Å². The number of hydrogen-bond acceptors (Lipinski definition) is 6. The van der Waals surface area contributed by atoms with Crippen LogP contribution in [0.2, 0.25) is 0 Å². The van der Waals surface area contributed by atoms with Gasteiger partial charge in [-0.25, -0.2) is 4.79 Å². The Morgan fingerprint density at radius 2 is 1.82 bits per heavy atom. The number of carbonyl (C=O) groups excluding carboxylic acids is 1. The zero-order chi connectivity index (χ0) is 19.9. The van der Waals surface area contributed by atoms with Gasteiger partial charge in [0.05, 0.1) is 10.5 Å². The van der Waals surface area contributed by atoms with Gasteiger partial charge >= 0.3 is 5.97 Å². The summed E-state index contributed by atoms with van der Waals surface area (Å²) < 4.78 is 0. The van der Waals surface area contributed by atoms with Crippen LogP contribution >= 0.6 is 0 Å². The minimum absolute atomic E-state index is 0.0302. The Morgan fingerprint density at radius 3 is 2.50 bits per heavy atom. The standard InChI is InChI=1S/C20H22N4O4/c21-19(22-28-20(25)17-5-4-6-18(13-17)24(26)27)16-9-7-15(8-10-16)14-23-11-2-1-3-12-23/h4-10,13H,1-3,11-12,14H2,(H2,21,22). The largest absolute Gasteiger partial charge is 0.380 e. The molecule has 0 saturated carbocycles. The fourth-order valence-corrected chi connectivity index (χ4v) is 3.10. The van der Waals surface area contributed by atoms with Crippen molar-refractivity contribution < 1.29 is 14.6 Å². The molecular formula is C20H22N4O4. The second-order valence-electron chi connectivity index (χ2n) is 6.70. The quantitative estimate of drug-likeness (QED) is 0.270. The molecule has 0 unspecified atom stereocenters. The van der Waals surface area contributed by atoms with E-state index >= 15 is 0 Å². The summed E-state index contributed by atoms with van der Waals surface area (Å²) in [6.07, 6.45) is 3.79. The Morgan fingerprint density at radius 1 is 1.11 bits per heavy atom. The number of likely N-dealkylation sites (tertiary alicyclic amines) is 1. The fourth-order valence-electron chi connectivity index (χ4n) is 3.10. The van der Waals surface area contributed by atoms with Crippen LogP contribution in [0.4, 0.5) is 5.69 Å². The second-order valence-corrected chi connectivity index (χ2v) is 6.70. The average Bonchev–Trinajstić information content (AvgIpc) is 2.73. The van der Waals surface area contributed by atoms with Gasteiger partial charge in [0, 0.05) is 24.2 Å². The van der Waals surface area contributed by atoms with Gasteiger partial charge in [-0.2, -0.15) is 0 Å². The molecule has 2 aromatic rings. The lowest BCUT2D eigenvalue weighted by atomic mass is 10.1. The number of non-ortho nitro benzene ring substituents is 1. The maximum Gasteiger partial charge on any atom is 0.366 e. The van der Waals surface area contributed by atoms with Crippen molar-refractivity contribution in [2.24, 2.45) is 10.9 Å². The van der Waals surface area contributed by atoms with Gasteiger partial charge < -0.3 is 10.6 Å². The highest BCUT2D eigenvalue weighted by atomic mass is 16.7. The van der Waals surface area contributed by atoms with Crippen molar-refractivity contribution in [3.63, 3.8) is 0 Å². The van der Waals surface area contributed by atoms with Crippen molar-refractivity contribution in [3.8, 4) is 0 Å². The number of hydrogen-bond donors (Lipinski definition) is 1. The van der Waals surface area contributed by atoms with E-state index in [1.165, 1.54) is 43.0 Å². The molecule has 8 heteroatoms. The summed E-state index contributed by atoms with van der Waals surface area (Å²) in [4.78, 5) is 29.5. The SMILES string of the molecule is N/C(=N/OC(=O)c1cccc([N+](=O)[O-])c1)c1ccc(CN2CCCCC2)cc1. The van der Waals surface area contributed by atoms with Crippen LogP contribution in [0.1, 0.15) is 40.7 Å². The van der Waals surface area contributed by atoms with E-state index in [-0.39, 0.29) is 17.1 Å². The van der Waals surface area contributed by atoms with Crippen LogP contribution in [0.3, 0.4) is 0 Å². The van der Waals surface area contributed by atoms with Gasteiger partial charge in [-0.05, 0) is 37.6 Å². The third kappa shape index (κ3) is 5.14. The van der Waals surface area contributed by atoms with Gasteiger partial charge in [-0.15, -0.1) is 0 Å². The van der Waals surface area contributed by atoms with Crippen LogP contribution in [0.15, 0.2) is 53.7 Å². The van der Waals surface area contributed by atoms with Crippen LogP contribution in [0.5, 0.6) is 0 Å². The van der Waals surface area contributed by atoms with E-state index in [1.807, 2.05) is 24.3 Å². The summed E-state index contributed by atoms with van der Waals surface area (Å²) in [5.41, 5.74) is 7.54. The van der Waals surface area contributed by atoms with Crippen molar-refractivity contribution in [1.29, 1.82) is 0 Å². The van der Waals surface area contributed by atoms with E-state index in [2.05, 4.69) is 10.1 Å². The number of nitrogens with two attached hydrogens (primary N) is 1. The van der Waals surface area contributed by atoms with Crippen LogP contribution in [-0.2, 0) is 11.4 Å². The number of benzene rings is 2. The maximum atomic E-state index is 12.0. The summed E-state index contributed by atoms with van der Waals surface area (Å²) in [5.74, 6) is -0.753. The van der Waals surface area contributed by atoms with Gasteiger partial charge in [-0.3, -0.25) is 15.0 Å². The minimum Gasteiger partial charge on any atom is -0.380 e. The predicted molar refractivity (Wildman–Crippen MR) is 105 cm³/mol. The molecule has 1 fully saturated rings. The van der Waals surface area contributed by atoms with Crippen LogP contribution in [0.25, 0.3) is 0 Å². The average molecular weight is 382 g/mol. The number of nitro groups is 1. The van der Waals surface area contributed by atoms with Crippen molar-refractivity contribution in [3.05, 3.63) is 75.3 Å². The van der Waals surface area contributed by atoms with Crippen molar-refractivity contribution in [2.75, 3.05) is 13.1 Å². The molecule has 3 rings (SSSR count). The second kappa shape index (κ2) is 9.09. The van der Waals surface area contributed by atoms with E-state index < -0.39 is 10.9 Å². The first kappa shape index (κ1) is 19.5. The summed E-state index contributed by atoms with van der Waals surface area (Å²) in [6, 6.07) is 12.9. The molecule has 146 valence electrons. The third-order valence-corrected chi connectivity index (χ3v) is 4.62. The molecule has 0 bridgehead atoms. The van der Waals surface area contributed by atoms with Gasteiger partial charge in [-0.1, -0.05) is 41.9 Å². The first-order chi connectivity index (χ1) is 13.5. The van der Waals surface area contributed by atoms with Gasteiger partial charge in [0.1, 0.15) is 0 Å². The lowest BCUT2D eigenvalue weighted by Crippen LogP contribution is -2.29. The lowest BCUT2D eigenvalue weighted by molar-refractivity contribution is -0.384. The van der Waals surface area contributed by atoms with Crippen molar-refractivity contribution >= 4 is 17.5 Å². The molecule has 0 aromatic heterocycles. The minimum atomic E-state index is -0.812. The molecule has 2 aromatic carbocycles. The molecule has 28 heavy (non-hydrogen) atoms. The fraction of sp³-hybridized carbons (Fsp3) is 0.300. The molecule has 0 spiro atoms. The molecule has 0 radical (unpaired) electrons. The molecule has 0 aliphatic carbocycles. The summed E-state index contributed by atoms with van der Waals surface area (Å²) in [7, 11) is 0. The van der Waals surface area contributed by atoms with Gasteiger partial charge in [0.2, 0.25) is 0 Å². The predicted octanol–water partition coefficient (Wildman–Crippen LogP) is 3.06. The maximum absolute atomic E-state index is 12.0. The Bertz CT molecular complexity index is 874. The molecule has 0 amide bonds. The molecule has 8 nitrogen and oxygen atoms in total. The Hall–Kier alpha value is -3.26. The molecular weight excluding hydrogens is 360 g/mol. The zero-order valence-corrected chi connectivity index (χ0v) is 15.4. The van der Waals surface area contributed by atoms with Crippen molar-refractivity contribution in [2.45, 2.75) is 25.8 Å². The molecule has 0 atom stereocenters. The molecule has 1 aliphatic heterocycles. The van der Waals surface area contributed by atoms with Crippen LogP contribution in [0, 0.1) is 10.1 Å². The first-order valence-electron chi connectivity index (χ1n) is 9.14. The number of nitrogens with zero attached hydrogens (tertiary/aromatic N) is 3. The van der Waals surface area contributed by atoms with Gasteiger partial charge in [0.25, 0.3) is 5.69 Å². The van der Waals surface area contributed by atoms with Crippen LogP contribution < -0.4 is 5.73 Å². The Kier molecular flexibility index (Phi) is 6.33. The molecule has 2 N–H and O–H groups in total. The highest BCUT2D eigenvalue weighted by Gasteiger charge is 2.14. The van der Waals surface area contributed by atoms with E-state index in [9.17, 15) is 14.9 Å². The van der Waals surface area contributed by atoms with E-state index in [4.69, 9.17) is 10.6 Å². The number of rotatable bonds is 6. The monoisotopic (exact) mass is 382 g/mol. The highest BCUT2D eigenvalue weighted by Crippen LogP contribution is 2.15. The normalized spacial score (nSPS) is 15.2. The third-order valence-electron chi connectivity index (χ3n) is 4.62. The molecule has 1 heterocycles. The van der Waals surface area contributed by atoms with Crippen molar-refractivity contribution in [1.82, 2.24) is 4.90 Å². The number of nitro benzene ring substituents is 1. The summed E-state index contributed by atoms with van der Waals surface area (Å²) >= 11 is 0. The zero-order valence-electron chi connectivity index (χ0n) is 15.4.